The Kier molecular flexibility index (Phi) is 6.77. The summed E-state index contributed by atoms with van der Waals surface area (Å²) in [6.07, 6.45) is 16.3. The molecule has 0 saturated heterocycles. The van der Waals surface area contributed by atoms with Crippen LogP contribution in [0.3, 0.4) is 0 Å². The van der Waals surface area contributed by atoms with Gasteiger partial charge in [-0.2, -0.15) is 0 Å². The smallest absolute Gasteiger partial charge is 0.0286 e. The van der Waals surface area contributed by atoms with Crippen LogP contribution in [-0.4, -0.2) is 0 Å². The van der Waals surface area contributed by atoms with Gasteiger partial charge in [0.1, 0.15) is 0 Å². The molecule has 0 N–H and O–H groups in total. The van der Waals surface area contributed by atoms with Crippen LogP contribution in [0.25, 0.3) is 0 Å². The molecule has 0 spiro atoms. The summed E-state index contributed by atoms with van der Waals surface area (Å²) < 4.78 is 0. The molecule has 0 heteroatoms. The summed E-state index contributed by atoms with van der Waals surface area (Å²) >= 11 is 0. The van der Waals surface area contributed by atoms with E-state index in [1.165, 1.54) is 88.2 Å². The molecule has 0 radical (unpaired) electrons. The Bertz CT molecular complexity index is 2000. The van der Waals surface area contributed by atoms with Gasteiger partial charge in [0.2, 0.25) is 0 Å². The van der Waals surface area contributed by atoms with Crippen molar-refractivity contribution < 1.29 is 0 Å². The number of rotatable bonds is 3. The summed E-state index contributed by atoms with van der Waals surface area (Å²) in [5.41, 5.74) is 10.3. The Balaban J connectivity index is 1.11. The lowest BCUT2D eigenvalue weighted by molar-refractivity contribution is -0.275. The zero-order valence-electron chi connectivity index (χ0n) is 31.9. The minimum atomic E-state index is 0.178. The normalized spacial score (nSPS) is 40.5. The number of hydrogen-bond donors (Lipinski definition) is 0. The van der Waals surface area contributed by atoms with Crippen LogP contribution in [0.4, 0.5) is 0 Å². The van der Waals surface area contributed by atoms with Crippen molar-refractivity contribution in [2.75, 3.05) is 0 Å². The third-order valence-electron chi connectivity index (χ3n) is 15.5. The maximum atomic E-state index is 3.73. The summed E-state index contributed by atoms with van der Waals surface area (Å²) in [7, 11) is 0. The summed E-state index contributed by atoms with van der Waals surface area (Å²) in [6.45, 7) is 10.8. The van der Waals surface area contributed by atoms with Crippen molar-refractivity contribution in [3.8, 4) is 23.7 Å². The van der Waals surface area contributed by atoms with Gasteiger partial charge in [-0.25, -0.2) is 0 Å². The minimum absolute atomic E-state index is 0.178. The molecule has 4 aromatic carbocycles. The van der Waals surface area contributed by atoms with Crippen molar-refractivity contribution in [1.29, 1.82) is 0 Å². The maximum absolute atomic E-state index is 3.73. The molecule has 12 rings (SSSR count). The second-order valence-corrected chi connectivity index (χ2v) is 20.8. The fraction of sp³-hybridized carbons (Fsp3) is 0.462. The van der Waals surface area contributed by atoms with Gasteiger partial charge in [-0.15, -0.1) is 0 Å². The highest BCUT2D eigenvalue weighted by atomic mass is 14.8. The molecule has 4 unspecified atom stereocenters. The highest BCUT2D eigenvalue weighted by molar-refractivity contribution is 5.53. The standard InChI is InChI=1S/C52H54/c1-45-27-46(2)30-49(29-45,43-21-13-11-19-41(43)25-23-39-15-7-5-8-16-39)37-51(33-45,34-46)52-35-47(3)28-48(4,36-52)32-50(31-47,38-52)44-22-14-12-20-42(44)26-24-40-17-9-6-10-18-40/h5-22H,27-38H2,1-4H3. The zero-order chi connectivity index (χ0) is 35.5. The molecule has 8 aliphatic carbocycles. The molecular weight excluding hydrogens is 625 g/mol. The first-order valence-corrected chi connectivity index (χ1v) is 20.2. The fourth-order valence-corrected chi connectivity index (χ4v) is 16.5. The van der Waals surface area contributed by atoms with Crippen LogP contribution in [0, 0.1) is 56.2 Å². The lowest BCUT2D eigenvalue weighted by Crippen LogP contribution is -2.71. The van der Waals surface area contributed by atoms with Gasteiger partial charge in [-0.3, -0.25) is 0 Å². The quantitative estimate of drug-likeness (QED) is 0.189. The molecule has 8 saturated carbocycles. The SMILES string of the molecule is CC12CC3(C)CC(c4ccccc4C#Cc4ccccc4)(C1)CC(C14CC5(C)CC(C)(CC(c6ccccc6C#Cc6ccccc6)(C5)C1)C4)(C2)C3. The number of benzene rings is 4. The van der Waals surface area contributed by atoms with Crippen LogP contribution >= 0.6 is 0 Å². The molecule has 8 aliphatic rings. The second kappa shape index (κ2) is 10.8. The molecule has 0 aromatic heterocycles. The Morgan fingerprint density at radius 2 is 0.654 bits per heavy atom. The molecule has 8 bridgehead atoms. The first-order valence-electron chi connectivity index (χ1n) is 20.2. The lowest BCUT2D eigenvalue weighted by Gasteiger charge is -2.80. The van der Waals surface area contributed by atoms with E-state index in [0.29, 0.717) is 32.5 Å². The van der Waals surface area contributed by atoms with Crippen molar-refractivity contribution in [2.24, 2.45) is 32.5 Å². The minimum Gasteiger partial charge on any atom is -0.0622 e. The molecule has 0 heterocycles. The molecule has 8 fully saturated rings. The van der Waals surface area contributed by atoms with E-state index in [2.05, 4.69) is 161 Å². The highest BCUT2D eigenvalue weighted by Gasteiger charge is 2.76. The molecule has 0 nitrogen and oxygen atoms in total. The van der Waals surface area contributed by atoms with Crippen LogP contribution in [0.5, 0.6) is 0 Å². The van der Waals surface area contributed by atoms with Crippen molar-refractivity contribution in [2.45, 2.75) is 116 Å². The average Bonchev–Trinajstić information content (AvgIpc) is 3.08. The van der Waals surface area contributed by atoms with Crippen LogP contribution in [-0.2, 0) is 10.8 Å². The average molecular weight is 679 g/mol. The Hall–Kier alpha value is -4.00. The van der Waals surface area contributed by atoms with Gasteiger partial charge >= 0.3 is 0 Å². The van der Waals surface area contributed by atoms with Crippen molar-refractivity contribution in [1.82, 2.24) is 0 Å². The van der Waals surface area contributed by atoms with Gasteiger partial charge in [0, 0.05) is 22.3 Å². The van der Waals surface area contributed by atoms with Gasteiger partial charge < -0.3 is 0 Å². The van der Waals surface area contributed by atoms with E-state index in [1.807, 2.05) is 0 Å². The lowest BCUT2D eigenvalue weighted by atomic mass is 9.24. The zero-order valence-corrected chi connectivity index (χ0v) is 31.9. The summed E-state index contributed by atoms with van der Waals surface area (Å²) in [4.78, 5) is 0. The number of hydrogen-bond acceptors (Lipinski definition) is 0. The Morgan fingerprint density at radius 3 is 1.02 bits per heavy atom. The Morgan fingerprint density at radius 1 is 0.327 bits per heavy atom. The largest absolute Gasteiger partial charge is 0.0622 e. The van der Waals surface area contributed by atoms with Crippen LogP contribution in [0.2, 0.25) is 0 Å². The Labute approximate surface area is 313 Å². The van der Waals surface area contributed by atoms with Crippen LogP contribution in [0.1, 0.15) is 138 Å². The molecule has 4 atom stereocenters. The van der Waals surface area contributed by atoms with E-state index < -0.39 is 0 Å². The van der Waals surface area contributed by atoms with E-state index in [9.17, 15) is 0 Å². The van der Waals surface area contributed by atoms with Gasteiger partial charge in [-0.1, -0.05) is 124 Å². The summed E-state index contributed by atoms with van der Waals surface area (Å²) in [5.74, 6) is 14.6. The monoisotopic (exact) mass is 678 g/mol. The maximum Gasteiger partial charge on any atom is 0.0286 e. The molecule has 4 aromatic rings. The summed E-state index contributed by atoms with van der Waals surface area (Å²) in [6, 6.07) is 39.9. The third-order valence-corrected chi connectivity index (χ3v) is 15.5. The highest BCUT2D eigenvalue weighted by Crippen LogP contribution is 2.85. The van der Waals surface area contributed by atoms with Crippen molar-refractivity contribution in [3.63, 3.8) is 0 Å². The predicted molar refractivity (Wildman–Crippen MR) is 214 cm³/mol. The summed E-state index contributed by atoms with van der Waals surface area (Å²) in [5, 5.41) is 0. The van der Waals surface area contributed by atoms with Gasteiger partial charge in [0.25, 0.3) is 0 Å². The first kappa shape index (κ1) is 32.6. The fourth-order valence-electron chi connectivity index (χ4n) is 16.5. The van der Waals surface area contributed by atoms with Crippen LogP contribution < -0.4 is 0 Å². The van der Waals surface area contributed by atoms with E-state index >= 15 is 0 Å². The van der Waals surface area contributed by atoms with E-state index in [1.54, 1.807) is 11.1 Å². The van der Waals surface area contributed by atoms with E-state index in [4.69, 9.17) is 0 Å². The van der Waals surface area contributed by atoms with E-state index in [0.717, 1.165) is 11.1 Å². The van der Waals surface area contributed by atoms with Crippen LogP contribution in [0.15, 0.2) is 109 Å². The molecule has 0 amide bonds. The topological polar surface area (TPSA) is 0 Å². The molecular formula is C52H54. The van der Waals surface area contributed by atoms with Gasteiger partial charge in [-0.05, 0) is 168 Å². The molecule has 52 heavy (non-hydrogen) atoms. The predicted octanol–water partition coefficient (Wildman–Crippen LogP) is 12.4. The first-order chi connectivity index (χ1) is 24.9. The second-order valence-electron chi connectivity index (χ2n) is 20.8. The van der Waals surface area contributed by atoms with Gasteiger partial charge in [0.15, 0.2) is 0 Å². The molecule has 0 aliphatic heterocycles. The van der Waals surface area contributed by atoms with Crippen molar-refractivity contribution in [3.05, 3.63) is 143 Å². The van der Waals surface area contributed by atoms with Crippen molar-refractivity contribution >= 4 is 0 Å². The van der Waals surface area contributed by atoms with Gasteiger partial charge in [0.05, 0.1) is 0 Å². The third kappa shape index (κ3) is 4.96. The molecule has 262 valence electrons. The van der Waals surface area contributed by atoms with E-state index in [-0.39, 0.29) is 10.8 Å².